The Kier molecular flexibility index (Phi) is 5.53. The van der Waals surface area contributed by atoms with Crippen LogP contribution in [0.1, 0.15) is 43.4 Å². The fourth-order valence-corrected chi connectivity index (χ4v) is 3.35. The van der Waals surface area contributed by atoms with Gasteiger partial charge in [-0.05, 0) is 30.9 Å². The Morgan fingerprint density at radius 1 is 1.29 bits per heavy atom. The van der Waals surface area contributed by atoms with Crippen LogP contribution in [-0.4, -0.2) is 39.0 Å². The van der Waals surface area contributed by atoms with Gasteiger partial charge >= 0.3 is 0 Å². The lowest BCUT2D eigenvalue weighted by atomic mass is 10.0. The molecule has 5 nitrogen and oxygen atoms in total. The Labute approximate surface area is 144 Å². The molecule has 0 bridgehead atoms. The molecule has 0 aliphatic carbocycles. The molecule has 1 aliphatic rings. The number of hydrogen-bond acceptors (Lipinski definition) is 4. The summed E-state index contributed by atoms with van der Waals surface area (Å²) < 4.78 is 1.85. The number of para-hydroxylation sites is 1. The maximum atomic E-state index is 9.68. The highest BCUT2D eigenvalue weighted by molar-refractivity contribution is 5.52. The third-order valence-electron chi connectivity index (χ3n) is 4.83. The second-order valence-corrected chi connectivity index (χ2v) is 6.72. The van der Waals surface area contributed by atoms with Crippen LogP contribution in [0.5, 0.6) is 0 Å². The van der Waals surface area contributed by atoms with Crippen LogP contribution in [-0.2, 0) is 13.6 Å². The molecule has 0 radical (unpaired) electrons. The van der Waals surface area contributed by atoms with Gasteiger partial charge in [0.2, 0.25) is 0 Å². The molecule has 1 aromatic carbocycles. The lowest BCUT2D eigenvalue weighted by molar-refractivity contribution is 0.0793. The molecule has 130 valence electrons. The molecular formula is C19H28N4O. The van der Waals surface area contributed by atoms with Crippen molar-refractivity contribution in [2.75, 3.05) is 18.4 Å². The second-order valence-electron chi connectivity index (χ2n) is 6.72. The number of likely N-dealkylation sites (tertiary alicyclic amines) is 1. The summed E-state index contributed by atoms with van der Waals surface area (Å²) in [7, 11) is 1.95. The zero-order valence-electron chi connectivity index (χ0n) is 14.7. The zero-order valence-corrected chi connectivity index (χ0v) is 14.7. The van der Waals surface area contributed by atoms with Gasteiger partial charge in [0.1, 0.15) is 0 Å². The van der Waals surface area contributed by atoms with Crippen molar-refractivity contribution in [2.45, 2.75) is 44.9 Å². The van der Waals surface area contributed by atoms with Crippen LogP contribution in [0.2, 0.25) is 0 Å². The fraction of sp³-hybridized carbons (Fsp3) is 0.526. The maximum Gasteiger partial charge on any atom is 0.0564 e. The lowest BCUT2D eigenvalue weighted by Crippen LogP contribution is -2.35. The molecule has 1 fully saturated rings. The van der Waals surface area contributed by atoms with Crippen LogP contribution in [0.3, 0.4) is 0 Å². The number of benzene rings is 1. The first-order valence-corrected chi connectivity index (χ1v) is 8.89. The van der Waals surface area contributed by atoms with Crippen molar-refractivity contribution in [3.05, 3.63) is 47.8 Å². The Bertz CT molecular complexity index is 646. The van der Waals surface area contributed by atoms with Gasteiger partial charge in [-0.2, -0.15) is 5.10 Å². The van der Waals surface area contributed by atoms with Crippen molar-refractivity contribution in [1.29, 1.82) is 0 Å². The predicted octanol–water partition coefficient (Wildman–Crippen LogP) is 2.94. The summed E-state index contributed by atoms with van der Waals surface area (Å²) in [6, 6.07) is 8.81. The number of anilines is 1. The SMILES string of the molecule is CCC(Nc1ccccc1CN1CCC(O)CC1)c1cnn(C)c1. The highest BCUT2D eigenvalue weighted by Gasteiger charge is 2.19. The molecule has 5 heteroatoms. The van der Waals surface area contributed by atoms with Gasteiger partial charge in [-0.25, -0.2) is 0 Å². The average Bonchev–Trinajstić information content (AvgIpc) is 3.02. The Morgan fingerprint density at radius 2 is 2.04 bits per heavy atom. The number of piperidine rings is 1. The third-order valence-corrected chi connectivity index (χ3v) is 4.83. The molecule has 1 aromatic heterocycles. The first kappa shape index (κ1) is 17.0. The number of rotatable bonds is 6. The van der Waals surface area contributed by atoms with E-state index in [1.54, 1.807) is 0 Å². The van der Waals surface area contributed by atoms with Crippen molar-refractivity contribution < 1.29 is 5.11 Å². The Morgan fingerprint density at radius 3 is 2.71 bits per heavy atom. The molecule has 2 heterocycles. The summed E-state index contributed by atoms with van der Waals surface area (Å²) in [5, 5.41) is 17.7. The van der Waals surface area contributed by atoms with Gasteiger partial charge in [0.05, 0.1) is 18.3 Å². The minimum Gasteiger partial charge on any atom is -0.393 e. The van der Waals surface area contributed by atoms with Gasteiger partial charge < -0.3 is 10.4 Å². The molecule has 1 aliphatic heterocycles. The number of aliphatic hydroxyl groups excluding tert-OH is 1. The molecule has 1 saturated heterocycles. The smallest absolute Gasteiger partial charge is 0.0564 e. The number of aromatic nitrogens is 2. The largest absolute Gasteiger partial charge is 0.393 e. The maximum absolute atomic E-state index is 9.68. The number of aliphatic hydroxyl groups is 1. The van der Waals surface area contributed by atoms with Crippen molar-refractivity contribution >= 4 is 5.69 Å². The highest BCUT2D eigenvalue weighted by Crippen LogP contribution is 2.26. The number of aryl methyl sites for hydroxylation is 1. The number of hydrogen-bond donors (Lipinski definition) is 2. The van der Waals surface area contributed by atoms with Crippen molar-refractivity contribution in [1.82, 2.24) is 14.7 Å². The number of nitrogens with zero attached hydrogens (tertiary/aromatic N) is 3. The molecule has 24 heavy (non-hydrogen) atoms. The van der Waals surface area contributed by atoms with Crippen LogP contribution in [0.4, 0.5) is 5.69 Å². The fourth-order valence-electron chi connectivity index (χ4n) is 3.35. The van der Waals surface area contributed by atoms with E-state index in [1.165, 1.54) is 16.8 Å². The van der Waals surface area contributed by atoms with E-state index < -0.39 is 0 Å². The summed E-state index contributed by atoms with van der Waals surface area (Å²) in [6.45, 7) is 5.06. The predicted molar refractivity (Wildman–Crippen MR) is 96.8 cm³/mol. The molecule has 3 rings (SSSR count). The van der Waals surface area contributed by atoms with Crippen LogP contribution in [0, 0.1) is 0 Å². The van der Waals surface area contributed by atoms with E-state index in [0.717, 1.165) is 38.9 Å². The lowest BCUT2D eigenvalue weighted by Gasteiger charge is -2.30. The van der Waals surface area contributed by atoms with E-state index >= 15 is 0 Å². The van der Waals surface area contributed by atoms with Gasteiger partial charge in [0.15, 0.2) is 0 Å². The third kappa shape index (κ3) is 4.16. The van der Waals surface area contributed by atoms with E-state index in [4.69, 9.17) is 0 Å². The summed E-state index contributed by atoms with van der Waals surface area (Å²) in [4.78, 5) is 2.43. The Hall–Kier alpha value is -1.85. The summed E-state index contributed by atoms with van der Waals surface area (Å²) in [5.74, 6) is 0. The monoisotopic (exact) mass is 328 g/mol. The quantitative estimate of drug-likeness (QED) is 0.856. The second kappa shape index (κ2) is 7.81. The molecular weight excluding hydrogens is 300 g/mol. The van der Waals surface area contributed by atoms with Gasteiger partial charge in [-0.3, -0.25) is 9.58 Å². The van der Waals surface area contributed by atoms with E-state index in [1.807, 2.05) is 17.9 Å². The van der Waals surface area contributed by atoms with Crippen LogP contribution < -0.4 is 5.32 Å². The van der Waals surface area contributed by atoms with Gasteiger partial charge in [0.25, 0.3) is 0 Å². The average molecular weight is 328 g/mol. The molecule has 0 saturated carbocycles. The van der Waals surface area contributed by atoms with Gasteiger partial charge in [-0.15, -0.1) is 0 Å². The normalized spacial score (nSPS) is 17.8. The minimum atomic E-state index is -0.121. The molecule has 0 amide bonds. The molecule has 1 unspecified atom stereocenters. The number of nitrogens with one attached hydrogen (secondary N) is 1. The van der Waals surface area contributed by atoms with E-state index in [9.17, 15) is 5.11 Å². The summed E-state index contributed by atoms with van der Waals surface area (Å²) >= 11 is 0. The van der Waals surface area contributed by atoms with E-state index in [0.29, 0.717) is 0 Å². The van der Waals surface area contributed by atoms with Crippen molar-refractivity contribution in [3.63, 3.8) is 0 Å². The molecule has 0 spiro atoms. The van der Waals surface area contributed by atoms with Crippen LogP contribution in [0.25, 0.3) is 0 Å². The van der Waals surface area contributed by atoms with Gasteiger partial charge in [0, 0.05) is 44.1 Å². The van der Waals surface area contributed by atoms with Gasteiger partial charge in [-0.1, -0.05) is 25.1 Å². The van der Waals surface area contributed by atoms with Crippen molar-refractivity contribution in [2.24, 2.45) is 7.05 Å². The summed E-state index contributed by atoms with van der Waals surface area (Å²) in [6.07, 6.45) is 6.66. The molecule has 1 atom stereocenters. The van der Waals surface area contributed by atoms with E-state index in [2.05, 4.69) is 52.7 Å². The topological polar surface area (TPSA) is 53.3 Å². The summed E-state index contributed by atoms with van der Waals surface area (Å²) in [5.41, 5.74) is 3.73. The van der Waals surface area contributed by atoms with Crippen LogP contribution >= 0.6 is 0 Å². The standard InChI is InChI=1S/C19H28N4O/c1-3-18(16-12-20-22(2)13-16)21-19-7-5-4-6-15(19)14-23-10-8-17(24)9-11-23/h4-7,12-13,17-18,21,24H,3,8-11,14H2,1-2H3. The van der Waals surface area contributed by atoms with E-state index in [-0.39, 0.29) is 12.1 Å². The Balaban J connectivity index is 1.71. The minimum absolute atomic E-state index is 0.121. The molecule has 2 N–H and O–H groups in total. The first-order valence-electron chi connectivity index (χ1n) is 8.89. The van der Waals surface area contributed by atoms with Crippen molar-refractivity contribution in [3.8, 4) is 0 Å². The van der Waals surface area contributed by atoms with Crippen LogP contribution in [0.15, 0.2) is 36.7 Å². The highest BCUT2D eigenvalue weighted by atomic mass is 16.3. The molecule has 2 aromatic rings. The zero-order chi connectivity index (χ0) is 16.9. The first-order chi connectivity index (χ1) is 11.7.